The summed E-state index contributed by atoms with van der Waals surface area (Å²) in [6.07, 6.45) is 8.09. The minimum absolute atomic E-state index is 0.321. The van der Waals surface area contributed by atoms with Crippen molar-refractivity contribution in [2.24, 2.45) is 11.8 Å². The van der Waals surface area contributed by atoms with Gasteiger partial charge >= 0.3 is 0 Å². The highest BCUT2D eigenvalue weighted by atomic mass is 127. The number of rotatable bonds is 3. The van der Waals surface area contributed by atoms with E-state index in [1.165, 1.54) is 47.7 Å². The summed E-state index contributed by atoms with van der Waals surface area (Å²) in [4.78, 5) is 0. The van der Waals surface area contributed by atoms with Gasteiger partial charge in [-0.2, -0.15) is 0 Å². The molecule has 2 nitrogen and oxygen atoms in total. The number of nitrogens with one attached hydrogen (secondary N) is 1. The van der Waals surface area contributed by atoms with E-state index in [2.05, 4.69) is 52.3 Å². The quantitative estimate of drug-likeness (QED) is 0.379. The second kappa shape index (κ2) is 6.71. The average Bonchev–Trinajstić information content (AvgIpc) is 2.62. The Hall–Kier alpha value is -0.130. The molecule has 17 heavy (non-hydrogen) atoms. The van der Waals surface area contributed by atoms with Crippen molar-refractivity contribution in [2.45, 2.75) is 44.6 Å². The summed E-state index contributed by atoms with van der Waals surface area (Å²) in [5.74, 6) is 6.50. The molecule has 1 saturated carbocycles. The Balaban J connectivity index is 2.17. The summed E-state index contributed by atoms with van der Waals surface area (Å²) in [5, 5.41) is 0. The molecule has 1 aliphatic carbocycles. The fraction of sp³-hybridized carbons (Fsp3) is 0.571. The summed E-state index contributed by atoms with van der Waals surface area (Å²) in [6.45, 7) is 0. The van der Waals surface area contributed by atoms with Gasteiger partial charge in [-0.3, -0.25) is 11.3 Å². The molecule has 0 heterocycles. The molecule has 1 atom stereocenters. The van der Waals surface area contributed by atoms with Gasteiger partial charge in [0, 0.05) is 9.61 Å². The van der Waals surface area contributed by atoms with Crippen molar-refractivity contribution in [3.05, 3.63) is 33.4 Å². The predicted molar refractivity (Wildman–Crippen MR) is 80.4 cm³/mol. The van der Waals surface area contributed by atoms with E-state index >= 15 is 0 Å². The monoisotopic (exact) mass is 344 g/mol. The van der Waals surface area contributed by atoms with Crippen molar-refractivity contribution in [3.8, 4) is 0 Å². The Morgan fingerprint density at radius 1 is 1.12 bits per heavy atom. The number of nitrogens with two attached hydrogens (primary N) is 1. The van der Waals surface area contributed by atoms with Gasteiger partial charge in [-0.1, -0.05) is 43.9 Å². The van der Waals surface area contributed by atoms with Gasteiger partial charge in [-0.25, -0.2) is 0 Å². The number of halogens is 1. The lowest BCUT2D eigenvalue weighted by atomic mass is 9.87. The molecule has 1 aromatic carbocycles. The average molecular weight is 344 g/mol. The van der Waals surface area contributed by atoms with Gasteiger partial charge in [0.2, 0.25) is 0 Å². The maximum Gasteiger partial charge on any atom is 0.0498 e. The molecular formula is C14H21IN2. The lowest BCUT2D eigenvalue weighted by molar-refractivity contribution is 0.328. The van der Waals surface area contributed by atoms with Crippen molar-refractivity contribution < 1.29 is 0 Å². The molecule has 1 unspecified atom stereocenters. The highest BCUT2D eigenvalue weighted by Gasteiger charge is 2.24. The molecule has 0 radical (unpaired) electrons. The minimum atomic E-state index is 0.321. The number of hydrogen-bond acceptors (Lipinski definition) is 2. The van der Waals surface area contributed by atoms with Crippen LogP contribution in [-0.2, 0) is 0 Å². The Kier molecular flexibility index (Phi) is 5.25. The third-order valence-electron chi connectivity index (χ3n) is 3.79. The van der Waals surface area contributed by atoms with Crippen LogP contribution in [-0.4, -0.2) is 0 Å². The lowest BCUT2D eigenvalue weighted by Gasteiger charge is -2.26. The van der Waals surface area contributed by atoms with Crippen molar-refractivity contribution in [2.75, 3.05) is 0 Å². The van der Waals surface area contributed by atoms with Gasteiger partial charge < -0.3 is 0 Å². The Morgan fingerprint density at radius 2 is 1.76 bits per heavy atom. The van der Waals surface area contributed by atoms with Crippen molar-refractivity contribution >= 4 is 22.6 Å². The maximum atomic E-state index is 5.80. The lowest BCUT2D eigenvalue weighted by Crippen LogP contribution is -2.34. The molecule has 0 amide bonds. The first-order valence-corrected chi connectivity index (χ1v) is 7.61. The normalized spacial score (nSPS) is 19.9. The number of hydrogen-bond donors (Lipinski definition) is 2. The summed E-state index contributed by atoms with van der Waals surface area (Å²) in [5.41, 5.74) is 4.42. The standard InChI is InChI=1S/C14H21IN2/c15-13-10-6-5-9-12(13)14(17-16)11-7-3-1-2-4-8-11/h5-6,9-11,14,17H,1-4,7-8,16H2. The van der Waals surface area contributed by atoms with E-state index in [1.807, 2.05) is 0 Å². The molecule has 0 spiro atoms. The van der Waals surface area contributed by atoms with E-state index in [0.717, 1.165) is 0 Å². The zero-order valence-corrected chi connectivity index (χ0v) is 12.3. The fourth-order valence-electron chi connectivity index (χ4n) is 2.85. The Bertz CT molecular complexity index is 346. The summed E-state index contributed by atoms with van der Waals surface area (Å²) in [7, 11) is 0. The van der Waals surface area contributed by atoms with Crippen LogP contribution in [0.2, 0.25) is 0 Å². The van der Waals surface area contributed by atoms with Crippen LogP contribution < -0.4 is 11.3 Å². The zero-order chi connectivity index (χ0) is 12.1. The molecule has 0 aliphatic heterocycles. The molecule has 2 rings (SSSR count). The molecule has 1 fully saturated rings. The third kappa shape index (κ3) is 3.42. The molecule has 3 heteroatoms. The van der Waals surface area contributed by atoms with Crippen LogP contribution in [0.1, 0.15) is 50.1 Å². The van der Waals surface area contributed by atoms with Crippen molar-refractivity contribution in [1.82, 2.24) is 5.43 Å². The Morgan fingerprint density at radius 3 is 2.35 bits per heavy atom. The van der Waals surface area contributed by atoms with Gasteiger partial charge in [0.05, 0.1) is 0 Å². The Labute approximate surface area is 117 Å². The highest BCUT2D eigenvalue weighted by molar-refractivity contribution is 14.1. The van der Waals surface area contributed by atoms with Crippen LogP contribution in [0.3, 0.4) is 0 Å². The van der Waals surface area contributed by atoms with E-state index < -0.39 is 0 Å². The minimum Gasteiger partial charge on any atom is -0.271 e. The van der Waals surface area contributed by atoms with Crippen LogP contribution in [0.15, 0.2) is 24.3 Å². The van der Waals surface area contributed by atoms with Crippen molar-refractivity contribution in [1.29, 1.82) is 0 Å². The molecule has 94 valence electrons. The number of hydrazine groups is 1. The highest BCUT2D eigenvalue weighted by Crippen LogP contribution is 2.34. The molecule has 3 N–H and O–H groups in total. The van der Waals surface area contributed by atoms with E-state index in [0.29, 0.717) is 12.0 Å². The maximum absolute atomic E-state index is 5.80. The first-order chi connectivity index (χ1) is 8.33. The summed E-state index contributed by atoms with van der Waals surface area (Å²) >= 11 is 2.41. The van der Waals surface area contributed by atoms with Gasteiger partial charge in [-0.15, -0.1) is 0 Å². The van der Waals surface area contributed by atoms with E-state index in [9.17, 15) is 0 Å². The number of benzene rings is 1. The van der Waals surface area contributed by atoms with Gasteiger partial charge in [-0.05, 0) is 53.0 Å². The third-order valence-corrected chi connectivity index (χ3v) is 4.77. The SMILES string of the molecule is NNC(c1ccccc1I)C1CCCCCC1. The van der Waals surface area contributed by atoms with Crippen LogP contribution >= 0.6 is 22.6 Å². The van der Waals surface area contributed by atoms with Crippen LogP contribution in [0.25, 0.3) is 0 Å². The van der Waals surface area contributed by atoms with Crippen molar-refractivity contribution in [3.63, 3.8) is 0 Å². The first kappa shape index (κ1) is 13.3. The van der Waals surface area contributed by atoms with Gasteiger partial charge in [0.1, 0.15) is 0 Å². The topological polar surface area (TPSA) is 38.0 Å². The fourth-order valence-corrected chi connectivity index (χ4v) is 3.57. The molecular weight excluding hydrogens is 323 g/mol. The van der Waals surface area contributed by atoms with Crippen LogP contribution in [0, 0.1) is 9.49 Å². The first-order valence-electron chi connectivity index (χ1n) is 6.53. The van der Waals surface area contributed by atoms with E-state index in [-0.39, 0.29) is 0 Å². The molecule has 0 saturated heterocycles. The summed E-state index contributed by atoms with van der Waals surface area (Å²) in [6, 6.07) is 8.89. The van der Waals surface area contributed by atoms with Crippen LogP contribution in [0.5, 0.6) is 0 Å². The predicted octanol–water partition coefficient (Wildman–Crippen LogP) is 3.77. The van der Waals surface area contributed by atoms with E-state index in [4.69, 9.17) is 5.84 Å². The largest absolute Gasteiger partial charge is 0.271 e. The zero-order valence-electron chi connectivity index (χ0n) is 10.2. The summed E-state index contributed by atoms with van der Waals surface area (Å²) < 4.78 is 1.32. The molecule has 0 aromatic heterocycles. The second-order valence-electron chi connectivity index (χ2n) is 4.92. The smallest absolute Gasteiger partial charge is 0.0498 e. The van der Waals surface area contributed by atoms with Gasteiger partial charge in [0.15, 0.2) is 0 Å². The second-order valence-corrected chi connectivity index (χ2v) is 6.08. The van der Waals surface area contributed by atoms with Crippen LogP contribution in [0.4, 0.5) is 0 Å². The molecule has 1 aromatic rings. The van der Waals surface area contributed by atoms with Gasteiger partial charge in [0.25, 0.3) is 0 Å². The molecule has 0 bridgehead atoms. The van der Waals surface area contributed by atoms with E-state index in [1.54, 1.807) is 0 Å². The molecule has 1 aliphatic rings.